The Balaban J connectivity index is 1.61. The molecule has 5 nitrogen and oxygen atoms in total. The summed E-state index contributed by atoms with van der Waals surface area (Å²) in [5, 5.41) is 3.44. The highest BCUT2D eigenvalue weighted by Gasteiger charge is 2.20. The quantitative estimate of drug-likeness (QED) is 0.838. The summed E-state index contributed by atoms with van der Waals surface area (Å²) in [5.74, 6) is 1.83. The lowest BCUT2D eigenvalue weighted by Gasteiger charge is -2.20. The highest BCUT2D eigenvalue weighted by molar-refractivity contribution is 5.36. The van der Waals surface area contributed by atoms with Gasteiger partial charge in [-0.25, -0.2) is 4.98 Å². The fourth-order valence-electron chi connectivity index (χ4n) is 2.08. The standard InChI is InChI=1S/C15H20N4O/c1-2-19(11-14-4-3-7-20-14)15-10-17-13(9-18-15)8-16-12-5-6-12/h3-4,7,9-10,12,16H,2,5-6,8,11H2,1H3. The predicted octanol–water partition coefficient (Wildman–Crippen LogP) is 2.35. The van der Waals surface area contributed by atoms with Crippen molar-refractivity contribution in [2.24, 2.45) is 0 Å². The van der Waals surface area contributed by atoms with E-state index in [1.807, 2.05) is 24.5 Å². The Morgan fingerprint density at radius 1 is 1.35 bits per heavy atom. The molecule has 0 aromatic carbocycles. The van der Waals surface area contributed by atoms with Crippen LogP contribution in [0.15, 0.2) is 35.2 Å². The maximum atomic E-state index is 5.38. The van der Waals surface area contributed by atoms with Gasteiger partial charge in [-0.15, -0.1) is 0 Å². The topological polar surface area (TPSA) is 54.2 Å². The molecule has 5 heteroatoms. The zero-order valence-electron chi connectivity index (χ0n) is 11.7. The van der Waals surface area contributed by atoms with Gasteiger partial charge in [0.15, 0.2) is 0 Å². The van der Waals surface area contributed by atoms with E-state index in [-0.39, 0.29) is 0 Å². The van der Waals surface area contributed by atoms with Gasteiger partial charge in [-0.2, -0.15) is 0 Å². The molecule has 0 bridgehead atoms. The van der Waals surface area contributed by atoms with Crippen molar-refractivity contribution in [3.63, 3.8) is 0 Å². The Kier molecular flexibility index (Phi) is 3.97. The molecule has 0 radical (unpaired) electrons. The minimum absolute atomic E-state index is 0.697. The van der Waals surface area contributed by atoms with Crippen LogP contribution in [-0.2, 0) is 13.1 Å². The summed E-state index contributed by atoms with van der Waals surface area (Å²) in [6.07, 6.45) is 7.98. The van der Waals surface area contributed by atoms with Crippen molar-refractivity contribution in [2.45, 2.75) is 38.9 Å². The van der Waals surface area contributed by atoms with Crippen LogP contribution < -0.4 is 10.2 Å². The highest BCUT2D eigenvalue weighted by Crippen LogP contribution is 2.19. The molecule has 0 amide bonds. The van der Waals surface area contributed by atoms with Crippen LogP contribution in [0, 0.1) is 0 Å². The highest BCUT2D eigenvalue weighted by atomic mass is 16.3. The molecule has 20 heavy (non-hydrogen) atoms. The van der Waals surface area contributed by atoms with E-state index in [0.717, 1.165) is 36.9 Å². The van der Waals surface area contributed by atoms with E-state index in [1.54, 1.807) is 6.26 Å². The minimum atomic E-state index is 0.697. The third-order valence-corrected chi connectivity index (χ3v) is 3.47. The van der Waals surface area contributed by atoms with Gasteiger partial charge in [0.1, 0.15) is 11.6 Å². The van der Waals surface area contributed by atoms with Crippen molar-refractivity contribution in [1.82, 2.24) is 15.3 Å². The molecule has 1 fully saturated rings. The number of hydrogen-bond acceptors (Lipinski definition) is 5. The second-order valence-corrected chi connectivity index (χ2v) is 5.11. The number of rotatable bonds is 7. The Morgan fingerprint density at radius 3 is 2.85 bits per heavy atom. The second kappa shape index (κ2) is 6.05. The summed E-state index contributed by atoms with van der Waals surface area (Å²) in [7, 11) is 0. The fourth-order valence-corrected chi connectivity index (χ4v) is 2.08. The summed E-state index contributed by atoms with van der Waals surface area (Å²) in [6.45, 7) is 4.50. The summed E-state index contributed by atoms with van der Waals surface area (Å²) >= 11 is 0. The number of nitrogens with one attached hydrogen (secondary N) is 1. The van der Waals surface area contributed by atoms with Crippen LogP contribution in [0.25, 0.3) is 0 Å². The Morgan fingerprint density at radius 2 is 2.25 bits per heavy atom. The van der Waals surface area contributed by atoms with Crippen molar-refractivity contribution in [2.75, 3.05) is 11.4 Å². The van der Waals surface area contributed by atoms with Gasteiger partial charge >= 0.3 is 0 Å². The van der Waals surface area contributed by atoms with Gasteiger partial charge in [-0.3, -0.25) is 4.98 Å². The third-order valence-electron chi connectivity index (χ3n) is 3.47. The maximum Gasteiger partial charge on any atom is 0.147 e. The summed E-state index contributed by atoms with van der Waals surface area (Å²) < 4.78 is 5.38. The smallest absolute Gasteiger partial charge is 0.147 e. The van der Waals surface area contributed by atoms with E-state index in [2.05, 4.69) is 27.1 Å². The molecule has 0 spiro atoms. The first kappa shape index (κ1) is 13.1. The molecule has 2 aromatic rings. The fraction of sp³-hybridized carbons (Fsp3) is 0.467. The van der Waals surface area contributed by atoms with Crippen LogP contribution in [0.1, 0.15) is 31.2 Å². The lowest BCUT2D eigenvalue weighted by Crippen LogP contribution is -2.23. The number of nitrogens with zero attached hydrogens (tertiary/aromatic N) is 3. The van der Waals surface area contributed by atoms with Gasteiger partial charge in [0.25, 0.3) is 0 Å². The van der Waals surface area contributed by atoms with E-state index >= 15 is 0 Å². The monoisotopic (exact) mass is 272 g/mol. The molecule has 0 atom stereocenters. The molecule has 1 N–H and O–H groups in total. The van der Waals surface area contributed by atoms with E-state index in [4.69, 9.17) is 4.42 Å². The van der Waals surface area contributed by atoms with Crippen molar-refractivity contribution >= 4 is 5.82 Å². The van der Waals surface area contributed by atoms with Crippen molar-refractivity contribution in [3.05, 3.63) is 42.2 Å². The van der Waals surface area contributed by atoms with Gasteiger partial charge in [-0.1, -0.05) is 0 Å². The van der Waals surface area contributed by atoms with Crippen LogP contribution in [-0.4, -0.2) is 22.6 Å². The average Bonchev–Trinajstić information content (AvgIpc) is 3.18. The molecular formula is C15H20N4O. The van der Waals surface area contributed by atoms with E-state index in [0.29, 0.717) is 6.04 Å². The van der Waals surface area contributed by atoms with E-state index in [9.17, 15) is 0 Å². The lowest BCUT2D eigenvalue weighted by molar-refractivity contribution is 0.502. The van der Waals surface area contributed by atoms with Crippen LogP contribution >= 0.6 is 0 Å². The summed E-state index contributed by atoms with van der Waals surface area (Å²) in [5.41, 5.74) is 0.995. The predicted molar refractivity (Wildman–Crippen MR) is 77.3 cm³/mol. The normalized spacial score (nSPS) is 14.4. The number of anilines is 1. The zero-order chi connectivity index (χ0) is 13.8. The van der Waals surface area contributed by atoms with Crippen molar-refractivity contribution in [1.29, 1.82) is 0 Å². The lowest BCUT2D eigenvalue weighted by atomic mass is 10.3. The second-order valence-electron chi connectivity index (χ2n) is 5.11. The molecule has 1 aliphatic rings. The van der Waals surface area contributed by atoms with E-state index < -0.39 is 0 Å². The molecule has 2 heterocycles. The molecule has 2 aromatic heterocycles. The van der Waals surface area contributed by atoms with Crippen LogP contribution in [0.4, 0.5) is 5.82 Å². The Bertz CT molecular complexity index is 519. The molecule has 1 saturated carbocycles. The molecule has 0 unspecified atom stereocenters. The van der Waals surface area contributed by atoms with Crippen molar-refractivity contribution < 1.29 is 4.42 Å². The first-order chi connectivity index (χ1) is 9.85. The number of aromatic nitrogens is 2. The summed E-state index contributed by atoms with van der Waals surface area (Å²) in [6, 6.07) is 4.58. The van der Waals surface area contributed by atoms with Crippen LogP contribution in [0.2, 0.25) is 0 Å². The average molecular weight is 272 g/mol. The number of furan rings is 1. The molecule has 3 rings (SSSR count). The van der Waals surface area contributed by atoms with Gasteiger partial charge < -0.3 is 14.6 Å². The molecule has 0 saturated heterocycles. The number of hydrogen-bond donors (Lipinski definition) is 1. The third kappa shape index (κ3) is 3.36. The van der Waals surface area contributed by atoms with Gasteiger partial charge in [-0.05, 0) is 31.9 Å². The van der Waals surface area contributed by atoms with E-state index in [1.165, 1.54) is 12.8 Å². The van der Waals surface area contributed by atoms with Crippen LogP contribution in [0.3, 0.4) is 0 Å². The Hall–Kier alpha value is -1.88. The van der Waals surface area contributed by atoms with Gasteiger partial charge in [0.05, 0.1) is 30.9 Å². The maximum absolute atomic E-state index is 5.38. The zero-order valence-corrected chi connectivity index (χ0v) is 11.7. The van der Waals surface area contributed by atoms with Gasteiger partial charge in [0.2, 0.25) is 0 Å². The van der Waals surface area contributed by atoms with Crippen molar-refractivity contribution in [3.8, 4) is 0 Å². The van der Waals surface area contributed by atoms with Crippen LogP contribution in [0.5, 0.6) is 0 Å². The van der Waals surface area contributed by atoms with Gasteiger partial charge in [0, 0.05) is 19.1 Å². The molecule has 0 aliphatic heterocycles. The first-order valence-electron chi connectivity index (χ1n) is 7.17. The molecule has 106 valence electrons. The first-order valence-corrected chi connectivity index (χ1v) is 7.17. The summed E-state index contributed by atoms with van der Waals surface area (Å²) in [4.78, 5) is 11.1. The molecular weight excluding hydrogens is 252 g/mol. The molecule has 1 aliphatic carbocycles. The minimum Gasteiger partial charge on any atom is -0.467 e. The SMILES string of the molecule is CCN(Cc1ccco1)c1cnc(CNC2CC2)cn1. The largest absolute Gasteiger partial charge is 0.467 e. The Labute approximate surface area is 119 Å².